The van der Waals surface area contributed by atoms with E-state index in [4.69, 9.17) is 5.26 Å². The fourth-order valence-electron chi connectivity index (χ4n) is 3.10. The van der Waals surface area contributed by atoms with E-state index >= 15 is 0 Å². The molecule has 0 radical (unpaired) electrons. The van der Waals surface area contributed by atoms with Crippen LogP contribution in [-0.4, -0.2) is 28.5 Å². The molecule has 1 amide bonds. The van der Waals surface area contributed by atoms with E-state index in [-0.39, 0.29) is 12.1 Å². The third-order valence-electron chi connectivity index (χ3n) is 4.51. The normalized spacial score (nSPS) is 11.3. The lowest BCUT2D eigenvalue weighted by molar-refractivity contribution is -0.141. The molecule has 1 aromatic heterocycles. The van der Waals surface area contributed by atoms with E-state index in [1.807, 2.05) is 31.2 Å². The first-order chi connectivity index (χ1) is 13.7. The summed E-state index contributed by atoms with van der Waals surface area (Å²) in [5, 5.41) is 9.56. The number of carbonyl (C=O) groups is 1. The van der Waals surface area contributed by atoms with E-state index in [1.54, 1.807) is 25.1 Å². The zero-order valence-electron chi connectivity index (χ0n) is 15.9. The molecule has 0 saturated carbocycles. The Hall–Kier alpha value is -3.40. The summed E-state index contributed by atoms with van der Waals surface area (Å²) in [5.74, 6) is -0.736. The molecular weight excluding hydrogens is 379 g/mol. The third kappa shape index (κ3) is 4.91. The molecule has 0 spiro atoms. The number of pyridine rings is 1. The summed E-state index contributed by atoms with van der Waals surface area (Å²) in [6.45, 7) is 1.90. The van der Waals surface area contributed by atoms with Gasteiger partial charge in [0.15, 0.2) is 0 Å². The largest absolute Gasteiger partial charge is 0.406 e. The number of aromatic nitrogens is 1. The average Bonchev–Trinajstić information content (AvgIpc) is 2.66. The van der Waals surface area contributed by atoms with E-state index in [0.717, 1.165) is 10.5 Å². The quantitative estimate of drug-likeness (QED) is 0.627. The van der Waals surface area contributed by atoms with Crippen molar-refractivity contribution >= 4 is 16.8 Å². The van der Waals surface area contributed by atoms with Gasteiger partial charge in [-0.05, 0) is 49.7 Å². The van der Waals surface area contributed by atoms with Crippen molar-refractivity contribution in [2.45, 2.75) is 26.6 Å². The molecule has 4 nitrogen and oxygen atoms in total. The predicted octanol–water partition coefficient (Wildman–Crippen LogP) is 4.93. The smallest absolute Gasteiger partial charge is 0.325 e. The summed E-state index contributed by atoms with van der Waals surface area (Å²) >= 11 is 0. The first-order valence-electron chi connectivity index (χ1n) is 8.89. The van der Waals surface area contributed by atoms with Crippen molar-refractivity contribution in [3.8, 4) is 6.07 Å². The van der Waals surface area contributed by atoms with Crippen LogP contribution in [0.15, 0.2) is 48.5 Å². The minimum Gasteiger partial charge on any atom is -0.325 e. The Morgan fingerprint density at radius 3 is 2.41 bits per heavy atom. The number of carbonyl (C=O) groups excluding carboxylic acids is 1. The van der Waals surface area contributed by atoms with Crippen molar-refractivity contribution < 1.29 is 18.0 Å². The van der Waals surface area contributed by atoms with Gasteiger partial charge in [0.2, 0.25) is 0 Å². The van der Waals surface area contributed by atoms with Gasteiger partial charge in [0.25, 0.3) is 5.91 Å². The first-order valence-corrected chi connectivity index (χ1v) is 8.89. The van der Waals surface area contributed by atoms with Gasteiger partial charge in [-0.15, -0.1) is 0 Å². The number of alkyl halides is 3. The van der Waals surface area contributed by atoms with Crippen LogP contribution in [0.25, 0.3) is 10.9 Å². The van der Waals surface area contributed by atoms with Crippen LogP contribution in [0.3, 0.4) is 0 Å². The molecule has 0 aliphatic heterocycles. The number of hydrogen-bond acceptors (Lipinski definition) is 3. The lowest BCUT2D eigenvalue weighted by Crippen LogP contribution is -2.38. The van der Waals surface area contributed by atoms with Crippen LogP contribution in [-0.2, 0) is 6.54 Å². The van der Waals surface area contributed by atoms with Crippen LogP contribution in [0.1, 0.15) is 32.7 Å². The van der Waals surface area contributed by atoms with E-state index in [0.29, 0.717) is 27.7 Å². The van der Waals surface area contributed by atoms with Gasteiger partial charge in [-0.1, -0.05) is 23.8 Å². The van der Waals surface area contributed by atoms with Crippen molar-refractivity contribution in [2.75, 3.05) is 6.54 Å². The monoisotopic (exact) mass is 397 g/mol. The Kier molecular flexibility index (Phi) is 5.55. The molecule has 0 aliphatic carbocycles. The number of nitrogens with zero attached hydrogens (tertiary/aromatic N) is 3. The molecule has 0 atom stereocenters. The molecule has 3 rings (SSSR count). The summed E-state index contributed by atoms with van der Waals surface area (Å²) in [6.07, 6.45) is -4.54. The number of benzene rings is 2. The molecule has 0 aliphatic rings. The maximum atomic E-state index is 13.2. The molecule has 0 unspecified atom stereocenters. The Balaban J connectivity index is 1.98. The SMILES string of the molecule is Cc1ccc2nc(C)c(C(=O)N(Cc3ccc(C#N)cc3)CC(F)(F)F)cc2c1. The molecule has 0 saturated heterocycles. The second-order valence-corrected chi connectivity index (χ2v) is 6.90. The maximum Gasteiger partial charge on any atom is 0.406 e. The summed E-state index contributed by atoms with van der Waals surface area (Å²) in [4.78, 5) is 18.2. The number of hydrogen-bond donors (Lipinski definition) is 0. The highest BCUT2D eigenvalue weighted by atomic mass is 19.4. The van der Waals surface area contributed by atoms with Gasteiger partial charge in [0.05, 0.1) is 28.4 Å². The molecular formula is C22H18F3N3O. The Bertz CT molecular complexity index is 1100. The Morgan fingerprint density at radius 1 is 1.10 bits per heavy atom. The van der Waals surface area contributed by atoms with Gasteiger partial charge in [0, 0.05) is 11.9 Å². The standard InChI is InChI=1S/C22H18F3N3O/c1-14-3-8-20-18(9-14)10-19(15(2)27-20)21(29)28(13-22(23,24)25)12-17-6-4-16(11-26)5-7-17/h3-10H,12-13H2,1-2H3. The average molecular weight is 397 g/mol. The van der Waals surface area contributed by atoms with Gasteiger partial charge in [0.1, 0.15) is 6.54 Å². The topological polar surface area (TPSA) is 57.0 Å². The summed E-state index contributed by atoms with van der Waals surface area (Å²) in [5.41, 5.74) is 3.06. The molecule has 7 heteroatoms. The predicted molar refractivity (Wildman–Crippen MR) is 103 cm³/mol. The second kappa shape index (κ2) is 7.92. The lowest BCUT2D eigenvalue weighted by Gasteiger charge is -2.25. The highest BCUT2D eigenvalue weighted by Gasteiger charge is 2.34. The number of rotatable bonds is 4. The molecule has 2 aromatic carbocycles. The van der Waals surface area contributed by atoms with Gasteiger partial charge < -0.3 is 4.90 Å². The van der Waals surface area contributed by atoms with Crippen molar-refractivity contribution in [3.63, 3.8) is 0 Å². The molecule has 148 valence electrons. The fourth-order valence-corrected chi connectivity index (χ4v) is 3.10. The van der Waals surface area contributed by atoms with Gasteiger partial charge >= 0.3 is 6.18 Å². The third-order valence-corrected chi connectivity index (χ3v) is 4.51. The van der Waals surface area contributed by atoms with E-state index in [2.05, 4.69) is 4.98 Å². The van der Waals surface area contributed by atoms with Crippen LogP contribution in [0.2, 0.25) is 0 Å². The molecule has 1 heterocycles. The highest BCUT2D eigenvalue weighted by Crippen LogP contribution is 2.23. The van der Waals surface area contributed by atoms with E-state index < -0.39 is 18.6 Å². The van der Waals surface area contributed by atoms with Gasteiger partial charge in [-0.2, -0.15) is 18.4 Å². The molecule has 0 N–H and O–H groups in total. The van der Waals surface area contributed by atoms with E-state index in [1.165, 1.54) is 12.1 Å². The maximum absolute atomic E-state index is 13.2. The van der Waals surface area contributed by atoms with Crippen LogP contribution in [0.4, 0.5) is 13.2 Å². The van der Waals surface area contributed by atoms with Gasteiger partial charge in [-0.25, -0.2) is 0 Å². The number of nitriles is 1. The van der Waals surface area contributed by atoms with Gasteiger partial charge in [-0.3, -0.25) is 9.78 Å². The zero-order chi connectivity index (χ0) is 21.2. The second-order valence-electron chi connectivity index (χ2n) is 6.90. The molecule has 29 heavy (non-hydrogen) atoms. The van der Waals surface area contributed by atoms with Crippen molar-refractivity contribution in [1.82, 2.24) is 9.88 Å². The number of amides is 1. The molecule has 0 fully saturated rings. The summed E-state index contributed by atoms with van der Waals surface area (Å²) in [6, 6.07) is 15.2. The summed E-state index contributed by atoms with van der Waals surface area (Å²) < 4.78 is 39.5. The summed E-state index contributed by atoms with van der Waals surface area (Å²) in [7, 11) is 0. The molecule has 3 aromatic rings. The Morgan fingerprint density at radius 2 is 1.79 bits per heavy atom. The zero-order valence-corrected chi connectivity index (χ0v) is 15.9. The number of halogens is 3. The van der Waals surface area contributed by atoms with Crippen molar-refractivity contribution in [3.05, 3.63) is 76.5 Å². The molecule has 0 bridgehead atoms. The minimum absolute atomic E-state index is 0.140. The minimum atomic E-state index is -4.54. The van der Waals surface area contributed by atoms with Crippen molar-refractivity contribution in [2.24, 2.45) is 0 Å². The number of aryl methyl sites for hydroxylation is 2. The highest BCUT2D eigenvalue weighted by molar-refractivity contribution is 5.98. The van der Waals surface area contributed by atoms with Crippen LogP contribution in [0, 0.1) is 25.2 Å². The first kappa shape index (κ1) is 20.3. The fraction of sp³-hybridized carbons (Fsp3) is 0.227. The van der Waals surface area contributed by atoms with Crippen LogP contribution >= 0.6 is 0 Å². The van der Waals surface area contributed by atoms with Crippen LogP contribution < -0.4 is 0 Å². The van der Waals surface area contributed by atoms with Crippen molar-refractivity contribution in [1.29, 1.82) is 5.26 Å². The Labute approximate surface area is 166 Å². The van der Waals surface area contributed by atoms with Crippen LogP contribution in [0.5, 0.6) is 0 Å². The van der Waals surface area contributed by atoms with E-state index in [9.17, 15) is 18.0 Å². The lowest BCUT2D eigenvalue weighted by atomic mass is 10.1. The number of fused-ring (bicyclic) bond motifs is 1.